The molecule has 1 unspecified atom stereocenters. The lowest BCUT2D eigenvalue weighted by Crippen LogP contribution is -2.24. The number of benzene rings is 1. The molecule has 1 heterocycles. The van der Waals surface area contributed by atoms with Gasteiger partial charge in [-0.1, -0.05) is 24.3 Å². The molecule has 0 saturated heterocycles. The first-order valence-corrected chi connectivity index (χ1v) is 7.11. The fourth-order valence-electron chi connectivity index (χ4n) is 2.35. The van der Waals surface area contributed by atoms with Crippen molar-refractivity contribution in [2.45, 2.75) is 25.8 Å². The van der Waals surface area contributed by atoms with Crippen LogP contribution in [0.1, 0.15) is 18.2 Å². The Kier molecular flexibility index (Phi) is 5.13. The van der Waals surface area contributed by atoms with Crippen LogP contribution in [-0.4, -0.2) is 24.6 Å². The van der Waals surface area contributed by atoms with Gasteiger partial charge in [-0.3, -0.25) is 4.98 Å². The van der Waals surface area contributed by atoms with Crippen LogP contribution in [0.15, 0.2) is 48.7 Å². The van der Waals surface area contributed by atoms with Gasteiger partial charge in [0.1, 0.15) is 0 Å². The molecule has 1 aromatic heterocycles. The Morgan fingerprint density at radius 3 is 2.60 bits per heavy atom. The summed E-state index contributed by atoms with van der Waals surface area (Å²) in [6.45, 7) is 3.00. The smallest absolute Gasteiger partial charge is 0.0421 e. The molecule has 0 aliphatic carbocycles. The summed E-state index contributed by atoms with van der Waals surface area (Å²) in [5.74, 6) is 0. The van der Waals surface area contributed by atoms with Crippen molar-refractivity contribution in [3.8, 4) is 0 Å². The number of hydrogen-bond donors (Lipinski definition) is 1. The average molecular weight is 269 g/mol. The molecule has 2 rings (SSSR count). The van der Waals surface area contributed by atoms with Crippen LogP contribution in [0.5, 0.6) is 0 Å². The summed E-state index contributed by atoms with van der Waals surface area (Å²) in [6.07, 6.45) is 3.70. The summed E-state index contributed by atoms with van der Waals surface area (Å²) in [5, 5.41) is 0. The van der Waals surface area contributed by atoms with Crippen LogP contribution in [0.25, 0.3) is 0 Å². The monoisotopic (exact) mass is 269 g/mol. The van der Waals surface area contributed by atoms with Gasteiger partial charge in [-0.05, 0) is 37.1 Å². The molecule has 1 atom stereocenters. The minimum Gasteiger partial charge on any atom is -0.374 e. The van der Waals surface area contributed by atoms with E-state index >= 15 is 0 Å². The molecular weight excluding hydrogens is 246 g/mol. The third-order valence-electron chi connectivity index (χ3n) is 3.37. The van der Waals surface area contributed by atoms with Crippen molar-refractivity contribution < 1.29 is 0 Å². The first kappa shape index (κ1) is 14.5. The third-order valence-corrected chi connectivity index (χ3v) is 3.37. The van der Waals surface area contributed by atoms with Crippen molar-refractivity contribution in [1.82, 2.24) is 4.98 Å². The molecule has 3 heteroatoms. The van der Waals surface area contributed by atoms with Crippen LogP contribution in [0.3, 0.4) is 0 Å². The lowest BCUT2D eigenvalue weighted by molar-refractivity contribution is 0.733. The second-order valence-electron chi connectivity index (χ2n) is 5.30. The number of rotatable bonds is 6. The van der Waals surface area contributed by atoms with Gasteiger partial charge in [0.25, 0.3) is 0 Å². The topological polar surface area (TPSA) is 42.1 Å². The van der Waals surface area contributed by atoms with Crippen molar-refractivity contribution >= 4 is 5.69 Å². The first-order valence-electron chi connectivity index (χ1n) is 7.11. The van der Waals surface area contributed by atoms with Crippen LogP contribution in [0.2, 0.25) is 0 Å². The van der Waals surface area contributed by atoms with E-state index < -0.39 is 0 Å². The van der Waals surface area contributed by atoms with Crippen LogP contribution in [-0.2, 0) is 12.8 Å². The lowest BCUT2D eigenvalue weighted by atomic mass is 10.0. The maximum atomic E-state index is 5.93. The Labute approximate surface area is 121 Å². The molecule has 0 spiro atoms. The van der Waals surface area contributed by atoms with Crippen LogP contribution < -0.4 is 10.6 Å². The molecule has 106 valence electrons. The highest BCUT2D eigenvalue weighted by molar-refractivity contribution is 5.53. The number of likely N-dealkylation sites (N-methyl/N-ethyl adjacent to an activating group) is 1. The van der Waals surface area contributed by atoms with E-state index in [0.29, 0.717) is 0 Å². The third kappa shape index (κ3) is 4.07. The normalized spacial score (nSPS) is 12.2. The van der Waals surface area contributed by atoms with E-state index in [4.69, 9.17) is 5.73 Å². The largest absolute Gasteiger partial charge is 0.374 e. The molecule has 0 saturated carbocycles. The molecule has 0 bridgehead atoms. The lowest BCUT2D eigenvalue weighted by Gasteiger charge is -2.23. The number of anilines is 1. The van der Waals surface area contributed by atoms with E-state index in [9.17, 15) is 0 Å². The first-order chi connectivity index (χ1) is 9.66. The van der Waals surface area contributed by atoms with Crippen molar-refractivity contribution in [2.24, 2.45) is 5.73 Å². The summed E-state index contributed by atoms with van der Waals surface area (Å²) in [4.78, 5) is 6.65. The maximum Gasteiger partial charge on any atom is 0.0421 e. The van der Waals surface area contributed by atoms with E-state index in [1.807, 2.05) is 25.3 Å². The number of aromatic nitrogens is 1. The number of para-hydroxylation sites is 1. The van der Waals surface area contributed by atoms with E-state index in [-0.39, 0.29) is 6.04 Å². The fraction of sp³-hybridized carbons (Fsp3) is 0.353. The van der Waals surface area contributed by atoms with Gasteiger partial charge in [0, 0.05) is 43.6 Å². The molecule has 2 N–H and O–H groups in total. The second kappa shape index (κ2) is 7.06. The van der Waals surface area contributed by atoms with Gasteiger partial charge in [-0.15, -0.1) is 0 Å². The standard InChI is InChI=1S/C17H23N3/c1-14(18)13-15-7-3-4-9-17(15)20(2)12-10-16-8-5-6-11-19-16/h3-9,11,14H,10,12-13,18H2,1-2H3. The Morgan fingerprint density at radius 2 is 1.90 bits per heavy atom. The van der Waals surface area contributed by atoms with Crippen molar-refractivity contribution in [2.75, 3.05) is 18.5 Å². The molecule has 2 aromatic rings. The van der Waals surface area contributed by atoms with Crippen molar-refractivity contribution in [1.29, 1.82) is 0 Å². The number of nitrogens with two attached hydrogens (primary N) is 1. The zero-order chi connectivity index (χ0) is 14.4. The maximum absolute atomic E-state index is 5.93. The molecule has 0 aliphatic heterocycles. The summed E-state index contributed by atoms with van der Waals surface area (Å²) in [7, 11) is 2.13. The number of nitrogens with zero attached hydrogens (tertiary/aromatic N) is 2. The summed E-state index contributed by atoms with van der Waals surface area (Å²) < 4.78 is 0. The van der Waals surface area contributed by atoms with Crippen molar-refractivity contribution in [3.05, 3.63) is 59.9 Å². The zero-order valence-corrected chi connectivity index (χ0v) is 12.3. The molecule has 0 radical (unpaired) electrons. The highest BCUT2D eigenvalue weighted by Crippen LogP contribution is 2.20. The molecular formula is C17H23N3. The van der Waals surface area contributed by atoms with E-state index in [2.05, 4.69) is 47.3 Å². The SMILES string of the molecule is CC(N)Cc1ccccc1N(C)CCc1ccccn1. The Balaban J connectivity index is 2.03. The minimum absolute atomic E-state index is 0.181. The van der Waals surface area contributed by atoms with Crippen molar-refractivity contribution in [3.63, 3.8) is 0 Å². The van der Waals surface area contributed by atoms with Gasteiger partial charge in [0.05, 0.1) is 0 Å². The van der Waals surface area contributed by atoms with Gasteiger partial charge >= 0.3 is 0 Å². The summed E-state index contributed by atoms with van der Waals surface area (Å²) in [5.41, 5.74) is 9.63. The highest BCUT2D eigenvalue weighted by atomic mass is 15.1. The number of pyridine rings is 1. The molecule has 1 aromatic carbocycles. The molecule has 3 nitrogen and oxygen atoms in total. The van der Waals surface area contributed by atoms with Gasteiger partial charge in [0.15, 0.2) is 0 Å². The quantitative estimate of drug-likeness (QED) is 0.876. The van der Waals surface area contributed by atoms with E-state index in [0.717, 1.165) is 25.1 Å². The van der Waals surface area contributed by atoms with Gasteiger partial charge in [-0.2, -0.15) is 0 Å². The molecule has 20 heavy (non-hydrogen) atoms. The van der Waals surface area contributed by atoms with Gasteiger partial charge in [-0.25, -0.2) is 0 Å². The highest BCUT2D eigenvalue weighted by Gasteiger charge is 2.08. The van der Waals surface area contributed by atoms with Gasteiger partial charge < -0.3 is 10.6 Å². The Hall–Kier alpha value is -1.87. The number of hydrogen-bond acceptors (Lipinski definition) is 3. The van der Waals surface area contributed by atoms with Gasteiger partial charge in [0.2, 0.25) is 0 Å². The molecule has 0 fully saturated rings. The zero-order valence-electron chi connectivity index (χ0n) is 12.3. The molecule has 0 amide bonds. The van der Waals surface area contributed by atoms with Crippen LogP contribution in [0.4, 0.5) is 5.69 Å². The van der Waals surface area contributed by atoms with Crippen LogP contribution >= 0.6 is 0 Å². The summed E-state index contributed by atoms with van der Waals surface area (Å²) >= 11 is 0. The Morgan fingerprint density at radius 1 is 1.15 bits per heavy atom. The predicted molar refractivity (Wildman–Crippen MR) is 85.0 cm³/mol. The van der Waals surface area contributed by atoms with Crippen LogP contribution in [0, 0.1) is 0 Å². The average Bonchev–Trinajstić information content (AvgIpc) is 2.46. The predicted octanol–water partition coefficient (Wildman–Crippen LogP) is 2.65. The van der Waals surface area contributed by atoms with E-state index in [1.165, 1.54) is 11.3 Å². The van der Waals surface area contributed by atoms with E-state index in [1.54, 1.807) is 0 Å². The fourth-order valence-corrected chi connectivity index (χ4v) is 2.35. The molecule has 0 aliphatic rings. The minimum atomic E-state index is 0.181. The summed E-state index contributed by atoms with van der Waals surface area (Å²) in [6, 6.07) is 14.7. The second-order valence-corrected chi connectivity index (χ2v) is 5.30. The Bertz CT molecular complexity index is 523.